The molecule has 1 aromatic carbocycles. The van der Waals surface area contributed by atoms with Crippen molar-refractivity contribution in [3.05, 3.63) is 41.9 Å². The van der Waals surface area contributed by atoms with E-state index in [0.717, 1.165) is 0 Å². The molecule has 0 aliphatic carbocycles. The zero-order valence-corrected chi connectivity index (χ0v) is 11.9. The van der Waals surface area contributed by atoms with E-state index in [1.54, 1.807) is 42.3 Å². The number of carbonyl (C=O) groups excluding carboxylic acids is 1. The summed E-state index contributed by atoms with van der Waals surface area (Å²) in [5, 5.41) is 9.61. The van der Waals surface area contributed by atoms with Gasteiger partial charge in [-0.2, -0.15) is 0 Å². The molecular formula is C15H16N4O2. The van der Waals surface area contributed by atoms with E-state index in [9.17, 15) is 9.90 Å². The molecule has 1 aliphatic heterocycles. The lowest BCUT2D eigenvalue weighted by Gasteiger charge is -2.21. The Morgan fingerprint density at radius 1 is 1.29 bits per heavy atom. The summed E-state index contributed by atoms with van der Waals surface area (Å²) in [6.07, 6.45) is 1.57. The number of carbonyl (C=O) groups is 1. The molecule has 108 valence electrons. The average Bonchev–Trinajstić information content (AvgIpc) is 2.57. The second kappa shape index (κ2) is 5.05. The van der Waals surface area contributed by atoms with Crippen LogP contribution in [0.1, 0.15) is 16.2 Å². The number of hydrogen-bond acceptors (Lipinski definition) is 5. The first-order valence-corrected chi connectivity index (χ1v) is 6.72. The van der Waals surface area contributed by atoms with Gasteiger partial charge in [-0.25, -0.2) is 9.97 Å². The molecule has 1 amide bonds. The summed E-state index contributed by atoms with van der Waals surface area (Å²) >= 11 is 0. The predicted molar refractivity (Wildman–Crippen MR) is 79.8 cm³/mol. The number of hydrogen-bond donors (Lipinski definition) is 1. The van der Waals surface area contributed by atoms with Crippen LogP contribution in [0.4, 0.5) is 11.5 Å². The van der Waals surface area contributed by atoms with E-state index in [1.807, 2.05) is 11.9 Å². The second-order valence-electron chi connectivity index (χ2n) is 5.05. The number of rotatable bonds is 1. The molecule has 0 unspecified atom stereocenters. The minimum Gasteiger partial charge on any atom is -0.508 e. The molecule has 0 bridgehead atoms. The smallest absolute Gasteiger partial charge is 0.263 e. The number of fused-ring (bicyclic) bond motifs is 1. The molecular weight excluding hydrogens is 268 g/mol. The van der Waals surface area contributed by atoms with E-state index in [1.165, 1.54) is 0 Å². The van der Waals surface area contributed by atoms with Crippen molar-refractivity contribution in [3.63, 3.8) is 0 Å². The van der Waals surface area contributed by atoms with Crippen LogP contribution in [-0.2, 0) is 0 Å². The number of nitrogens with zero attached hydrogens (tertiary/aromatic N) is 4. The zero-order valence-electron chi connectivity index (χ0n) is 11.9. The molecule has 21 heavy (non-hydrogen) atoms. The summed E-state index contributed by atoms with van der Waals surface area (Å²) in [4.78, 5) is 24.8. The fraction of sp³-hybridized carbons (Fsp3) is 0.267. The van der Waals surface area contributed by atoms with E-state index < -0.39 is 0 Å². The van der Waals surface area contributed by atoms with Gasteiger partial charge in [-0.05, 0) is 19.1 Å². The van der Waals surface area contributed by atoms with Crippen molar-refractivity contribution in [1.82, 2.24) is 9.97 Å². The van der Waals surface area contributed by atoms with Crippen molar-refractivity contribution in [1.29, 1.82) is 0 Å². The number of aromatic hydroxyl groups is 1. The highest BCUT2D eigenvalue weighted by atomic mass is 16.3. The van der Waals surface area contributed by atoms with Crippen LogP contribution in [0.3, 0.4) is 0 Å². The monoisotopic (exact) mass is 284 g/mol. The summed E-state index contributed by atoms with van der Waals surface area (Å²) in [5.74, 6) is 1.27. The third-order valence-electron chi connectivity index (χ3n) is 3.53. The van der Waals surface area contributed by atoms with E-state index in [0.29, 0.717) is 36.0 Å². The average molecular weight is 284 g/mol. The van der Waals surface area contributed by atoms with Gasteiger partial charge in [0, 0.05) is 38.1 Å². The van der Waals surface area contributed by atoms with Crippen LogP contribution >= 0.6 is 0 Å². The fourth-order valence-electron chi connectivity index (χ4n) is 2.41. The SMILES string of the molecule is Cc1ncc2c(n1)N(C)CCN(c1cccc(O)c1)C2=O. The van der Waals surface area contributed by atoms with E-state index >= 15 is 0 Å². The Morgan fingerprint density at radius 2 is 2.10 bits per heavy atom. The normalized spacial score (nSPS) is 14.9. The fourth-order valence-corrected chi connectivity index (χ4v) is 2.41. The van der Waals surface area contributed by atoms with Gasteiger partial charge in [0.05, 0.1) is 0 Å². The van der Waals surface area contributed by atoms with Crippen LogP contribution in [0.2, 0.25) is 0 Å². The van der Waals surface area contributed by atoms with Crippen LogP contribution in [0.5, 0.6) is 5.75 Å². The van der Waals surface area contributed by atoms with Gasteiger partial charge in [-0.15, -0.1) is 0 Å². The van der Waals surface area contributed by atoms with Gasteiger partial charge in [0.1, 0.15) is 23.0 Å². The first kappa shape index (κ1) is 13.4. The van der Waals surface area contributed by atoms with Gasteiger partial charge in [0.15, 0.2) is 0 Å². The summed E-state index contributed by atoms with van der Waals surface area (Å²) in [6, 6.07) is 6.69. The molecule has 6 nitrogen and oxygen atoms in total. The van der Waals surface area contributed by atoms with Crippen LogP contribution in [0, 0.1) is 6.92 Å². The van der Waals surface area contributed by atoms with Crippen molar-refractivity contribution in [2.75, 3.05) is 29.9 Å². The molecule has 6 heteroatoms. The molecule has 1 aromatic heterocycles. The van der Waals surface area contributed by atoms with Crippen LogP contribution in [-0.4, -0.2) is 41.1 Å². The number of phenols is 1. The quantitative estimate of drug-likeness (QED) is 0.861. The molecule has 0 atom stereocenters. The molecule has 0 radical (unpaired) electrons. The second-order valence-corrected chi connectivity index (χ2v) is 5.05. The van der Waals surface area contributed by atoms with Gasteiger partial charge in [0.2, 0.25) is 0 Å². The Bertz CT molecular complexity index is 702. The minimum atomic E-state index is -0.153. The maximum Gasteiger partial charge on any atom is 0.263 e. The Morgan fingerprint density at radius 3 is 2.86 bits per heavy atom. The summed E-state index contributed by atoms with van der Waals surface area (Å²) in [7, 11) is 1.91. The molecule has 0 saturated carbocycles. The Kier molecular flexibility index (Phi) is 3.21. The molecule has 0 saturated heterocycles. The topological polar surface area (TPSA) is 69.6 Å². The maximum absolute atomic E-state index is 12.7. The van der Waals surface area contributed by atoms with Crippen molar-refractivity contribution in [2.24, 2.45) is 0 Å². The van der Waals surface area contributed by atoms with Gasteiger partial charge in [-0.3, -0.25) is 4.79 Å². The minimum absolute atomic E-state index is 0.137. The molecule has 2 heterocycles. The Labute approximate surface area is 122 Å². The summed E-state index contributed by atoms with van der Waals surface area (Å²) in [5.41, 5.74) is 1.14. The third-order valence-corrected chi connectivity index (χ3v) is 3.53. The number of likely N-dealkylation sites (N-methyl/N-ethyl adjacent to an activating group) is 1. The largest absolute Gasteiger partial charge is 0.508 e. The van der Waals surface area contributed by atoms with Crippen molar-refractivity contribution < 1.29 is 9.90 Å². The van der Waals surface area contributed by atoms with Crippen molar-refractivity contribution in [2.45, 2.75) is 6.92 Å². The molecule has 3 rings (SSSR count). The number of phenolic OH excluding ortho intramolecular Hbond substituents is 1. The molecule has 1 aliphatic rings. The highest BCUT2D eigenvalue weighted by Gasteiger charge is 2.27. The molecule has 2 aromatic rings. The third kappa shape index (κ3) is 2.40. The maximum atomic E-state index is 12.7. The zero-order chi connectivity index (χ0) is 15.0. The van der Waals surface area contributed by atoms with Gasteiger partial charge in [0.25, 0.3) is 5.91 Å². The van der Waals surface area contributed by atoms with Gasteiger partial charge < -0.3 is 14.9 Å². The van der Waals surface area contributed by atoms with E-state index in [2.05, 4.69) is 9.97 Å². The van der Waals surface area contributed by atoms with E-state index in [-0.39, 0.29) is 11.7 Å². The van der Waals surface area contributed by atoms with Crippen molar-refractivity contribution in [3.8, 4) is 5.75 Å². The first-order valence-electron chi connectivity index (χ1n) is 6.72. The number of anilines is 2. The molecule has 0 spiro atoms. The summed E-state index contributed by atoms with van der Waals surface area (Å²) in [6.45, 7) is 2.98. The van der Waals surface area contributed by atoms with Gasteiger partial charge in [-0.1, -0.05) is 6.07 Å². The predicted octanol–water partition coefficient (Wildman–Crippen LogP) is 1.59. The number of aryl methyl sites for hydroxylation is 1. The Hall–Kier alpha value is -2.63. The lowest BCUT2D eigenvalue weighted by Crippen LogP contribution is -2.33. The highest BCUT2D eigenvalue weighted by molar-refractivity contribution is 6.09. The van der Waals surface area contributed by atoms with Crippen LogP contribution < -0.4 is 9.80 Å². The lowest BCUT2D eigenvalue weighted by atomic mass is 10.2. The van der Waals surface area contributed by atoms with E-state index in [4.69, 9.17) is 0 Å². The first-order chi connectivity index (χ1) is 10.1. The van der Waals surface area contributed by atoms with Gasteiger partial charge >= 0.3 is 0 Å². The summed E-state index contributed by atoms with van der Waals surface area (Å²) < 4.78 is 0. The lowest BCUT2D eigenvalue weighted by molar-refractivity contribution is 0.0989. The highest BCUT2D eigenvalue weighted by Crippen LogP contribution is 2.27. The number of aromatic nitrogens is 2. The molecule has 0 fully saturated rings. The van der Waals surface area contributed by atoms with Crippen LogP contribution in [0.15, 0.2) is 30.5 Å². The van der Waals surface area contributed by atoms with Crippen molar-refractivity contribution >= 4 is 17.4 Å². The number of amides is 1. The Balaban J connectivity index is 2.07. The van der Waals surface area contributed by atoms with Crippen LogP contribution in [0.25, 0.3) is 0 Å². The standard InChI is InChI=1S/C15H16N4O2/c1-10-16-9-13-14(17-10)18(2)6-7-19(15(13)21)11-4-3-5-12(20)8-11/h3-5,8-9,20H,6-7H2,1-2H3. The number of benzene rings is 1. The molecule has 1 N–H and O–H groups in total.